The van der Waals surface area contributed by atoms with E-state index in [2.05, 4.69) is 50.5 Å². The van der Waals surface area contributed by atoms with Crippen LogP contribution >= 0.6 is 28.1 Å². The van der Waals surface area contributed by atoms with Crippen LogP contribution in [0, 0.1) is 0 Å². The van der Waals surface area contributed by atoms with Gasteiger partial charge in [0.15, 0.2) is 5.11 Å². The first kappa shape index (κ1) is 13.5. The lowest BCUT2D eigenvalue weighted by Gasteiger charge is -2.25. The summed E-state index contributed by atoms with van der Waals surface area (Å²) in [5.74, 6) is 0. The molecule has 1 atom stereocenters. The van der Waals surface area contributed by atoms with Gasteiger partial charge in [0.1, 0.15) is 0 Å². The minimum absolute atomic E-state index is 0.194. The zero-order valence-corrected chi connectivity index (χ0v) is 13.1. The molecule has 0 spiro atoms. The van der Waals surface area contributed by atoms with Crippen LogP contribution in [-0.2, 0) is 0 Å². The molecule has 0 amide bonds. The Morgan fingerprint density at radius 1 is 1.05 bits per heavy atom. The SMILES string of the molecule is S=C1N=C(c2ccc(Br)cc2)CC(c2ccccc2)N1. The van der Waals surface area contributed by atoms with E-state index in [1.165, 1.54) is 5.56 Å². The molecule has 1 aliphatic heterocycles. The van der Waals surface area contributed by atoms with Crippen LogP contribution < -0.4 is 5.32 Å². The monoisotopic (exact) mass is 344 g/mol. The number of hydrogen-bond donors (Lipinski definition) is 1. The molecule has 2 aromatic carbocycles. The first-order valence-corrected chi connectivity index (χ1v) is 7.61. The Balaban J connectivity index is 1.89. The highest BCUT2D eigenvalue weighted by Gasteiger charge is 2.21. The fourth-order valence-electron chi connectivity index (χ4n) is 2.31. The molecular weight excluding hydrogens is 332 g/mol. The Kier molecular flexibility index (Phi) is 3.94. The number of hydrogen-bond acceptors (Lipinski definition) is 1. The van der Waals surface area contributed by atoms with Crippen molar-refractivity contribution in [3.8, 4) is 0 Å². The summed E-state index contributed by atoms with van der Waals surface area (Å²) in [6.07, 6.45) is 0.839. The molecule has 2 nitrogen and oxygen atoms in total. The molecule has 20 heavy (non-hydrogen) atoms. The van der Waals surface area contributed by atoms with Crippen LogP contribution in [0.5, 0.6) is 0 Å². The zero-order valence-electron chi connectivity index (χ0n) is 10.7. The molecule has 0 fully saturated rings. The molecule has 0 aromatic heterocycles. The molecule has 1 unspecified atom stereocenters. The summed E-state index contributed by atoms with van der Waals surface area (Å²) in [7, 11) is 0. The lowest BCUT2D eigenvalue weighted by atomic mass is 9.96. The number of aliphatic imine (C=N–C) groups is 1. The highest BCUT2D eigenvalue weighted by molar-refractivity contribution is 9.10. The summed E-state index contributed by atoms with van der Waals surface area (Å²) in [5.41, 5.74) is 3.40. The minimum atomic E-state index is 0.194. The maximum Gasteiger partial charge on any atom is 0.193 e. The van der Waals surface area contributed by atoms with E-state index in [0.717, 1.165) is 22.2 Å². The standard InChI is InChI=1S/C16H13BrN2S/c17-13-8-6-12(7-9-13)15-10-14(18-16(20)19-15)11-4-2-1-3-5-11/h1-9,14H,10H2,(H,18,20). The predicted molar refractivity (Wildman–Crippen MR) is 90.2 cm³/mol. The van der Waals surface area contributed by atoms with E-state index >= 15 is 0 Å². The number of thiocarbonyl (C=S) groups is 1. The first-order valence-electron chi connectivity index (χ1n) is 6.41. The lowest BCUT2D eigenvalue weighted by Crippen LogP contribution is -2.33. The normalized spacial score (nSPS) is 18.4. The molecule has 0 saturated heterocycles. The smallest absolute Gasteiger partial charge is 0.193 e. The average molecular weight is 345 g/mol. The van der Waals surface area contributed by atoms with Gasteiger partial charge in [0.2, 0.25) is 0 Å². The van der Waals surface area contributed by atoms with E-state index in [0.29, 0.717) is 5.11 Å². The second-order valence-corrected chi connectivity index (χ2v) is 5.98. The summed E-state index contributed by atoms with van der Waals surface area (Å²) in [4.78, 5) is 4.48. The van der Waals surface area contributed by atoms with E-state index in [9.17, 15) is 0 Å². The molecule has 0 saturated carbocycles. The maximum absolute atomic E-state index is 5.28. The molecule has 0 radical (unpaired) electrons. The molecule has 3 rings (SSSR count). The van der Waals surface area contributed by atoms with Crippen LogP contribution in [0.2, 0.25) is 0 Å². The summed E-state index contributed by atoms with van der Waals surface area (Å²) in [6, 6.07) is 18.7. The van der Waals surface area contributed by atoms with Crippen LogP contribution in [0.25, 0.3) is 0 Å². The second-order valence-electron chi connectivity index (χ2n) is 4.68. The molecule has 1 N–H and O–H groups in total. The zero-order chi connectivity index (χ0) is 13.9. The third kappa shape index (κ3) is 2.97. The van der Waals surface area contributed by atoms with Crippen molar-refractivity contribution in [1.82, 2.24) is 5.32 Å². The third-order valence-electron chi connectivity index (χ3n) is 3.31. The van der Waals surface area contributed by atoms with Crippen molar-refractivity contribution >= 4 is 39.0 Å². The quantitative estimate of drug-likeness (QED) is 0.823. The molecule has 0 aliphatic carbocycles. The van der Waals surface area contributed by atoms with Gasteiger partial charge in [-0.05, 0) is 35.5 Å². The van der Waals surface area contributed by atoms with Crippen molar-refractivity contribution in [1.29, 1.82) is 0 Å². The second kappa shape index (κ2) is 5.85. The molecule has 1 aliphatic rings. The summed E-state index contributed by atoms with van der Waals surface area (Å²) in [6.45, 7) is 0. The van der Waals surface area contributed by atoms with E-state index in [1.54, 1.807) is 0 Å². The topological polar surface area (TPSA) is 24.4 Å². The van der Waals surface area contributed by atoms with Crippen molar-refractivity contribution in [3.63, 3.8) is 0 Å². The fourth-order valence-corrected chi connectivity index (χ4v) is 2.82. The van der Waals surface area contributed by atoms with Gasteiger partial charge in [-0.2, -0.15) is 0 Å². The summed E-state index contributed by atoms with van der Waals surface area (Å²) >= 11 is 8.73. The number of benzene rings is 2. The van der Waals surface area contributed by atoms with Gasteiger partial charge in [0, 0.05) is 10.9 Å². The maximum atomic E-state index is 5.28. The molecule has 100 valence electrons. The fraction of sp³-hybridized carbons (Fsp3) is 0.125. The third-order valence-corrected chi connectivity index (χ3v) is 4.05. The Morgan fingerprint density at radius 2 is 1.75 bits per heavy atom. The van der Waals surface area contributed by atoms with Gasteiger partial charge in [0.05, 0.1) is 11.8 Å². The Hall–Kier alpha value is -1.52. The molecule has 2 aromatic rings. The van der Waals surface area contributed by atoms with Crippen molar-refractivity contribution in [2.75, 3.05) is 0 Å². The largest absolute Gasteiger partial charge is 0.354 e. The van der Waals surface area contributed by atoms with Crippen molar-refractivity contribution in [2.24, 2.45) is 4.99 Å². The molecule has 1 heterocycles. The average Bonchev–Trinajstić information content (AvgIpc) is 2.48. The number of rotatable bonds is 2. The molecule has 0 bridgehead atoms. The number of nitrogens with one attached hydrogen (secondary N) is 1. The first-order chi connectivity index (χ1) is 9.72. The summed E-state index contributed by atoms with van der Waals surface area (Å²) < 4.78 is 1.07. The minimum Gasteiger partial charge on any atom is -0.354 e. The van der Waals surface area contributed by atoms with E-state index < -0.39 is 0 Å². The van der Waals surface area contributed by atoms with Crippen LogP contribution in [-0.4, -0.2) is 10.8 Å². The Morgan fingerprint density at radius 3 is 2.45 bits per heavy atom. The van der Waals surface area contributed by atoms with Crippen molar-refractivity contribution < 1.29 is 0 Å². The van der Waals surface area contributed by atoms with Gasteiger partial charge >= 0.3 is 0 Å². The van der Waals surface area contributed by atoms with Crippen LogP contribution in [0.1, 0.15) is 23.6 Å². The van der Waals surface area contributed by atoms with Crippen molar-refractivity contribution in [2.45, 2.75) is 12.5 Å². The molecule has 4 heteroatoms. The van der Waals surface area contributed by atoms with Gasteiger partial charge in [-0.25, -0.2) is 4.99 Å². The van der Waals surface area contributed by atoms with Gasteiger partial charge in [0.25, 0.3) is 0 Å². The van der Waals surface area contributed by atoms with E-state index in [-0.39, 0.29) is 6.04 Å². The highest BCUT2D eigenvalue weighted by Crippen LogP contribution is 2.24. The summed E-state index contributed by atoms with van der Waals surface area (Å²) in [5, 5.41) is 3.84. The Labute approximate surface area is 132 Å². The van der Waals surface area contributed by atoms with Gasteiger partial charge in [-0.1, -0.05) is 58.4 Å². The van der Waals surface area contributed by atoms with E-state index in [4.69, 9.17) is 12.2 Å². The number of halogens is 1. The van der Waals surface area contributed by atoms with Gasteiger partial charge in [-0.15, -0.1) is 0 Å². The number of nitrogens with zero attached hydrogens (tertiary/aromatic N) is 1. The van der Waals surface area contributed by atoms with Gasteiger partial charge < -0.3 is 5.32 Å². The lowest BCUT2D eigenvalue weighted by molar-refractivity contribution is 0.664. The Bertz CT molecular complexity index is 650. The van der Waals surface area contributed by atoms with Gasteiger partial charge in [-0.3, -0.25) is 0 Å². The van der Waals surface area contributed by atoms with Crippen LogP contribution in [0.3, 0.4) is 0 Å². The molecular formula is C16H13BrN2S. The predicted octanol–water partition coefficient (Wildman–Crippen LogP) is 4.26. The highest BCUT2D eigenvalue weighted by atomic mass is 79.9. The van der Waals surface area contributed by atoms with Crippen molar-refractivity contribution in [3.05, 3.63) is 70.2 Å². The van der Waals surface area contributed by atoms with Crippen LogP contribution in [0.4, 0.5) is 0 Å². The van der Waals surface area contributed by atoms with E-state index in [1.807, 2.05) is 30.3 Å². The van der Waals surface area contributed by atoms with Crippen LogP contribution in [0.15, 0.2) is 64.1 Å².